The molecule has 2 N–H and O–H groups in total. The largest absolute Gasteiger partial charge is 0.508 e. The van der Waals surface area contributed by atoms with Crippen LogP contribution in [0.15, 0.2) is 42.6 Å². The highest BCUT2D eigenvalue weighted by Crippen LogP contribution is 2.44. The number of hydrogen-bond acceptors (Lipinski definition) is 8. The zero-order valence-electron chi connectivity index (χ0n) is 25.4. The topological polar surface area (TPSA) is 94.8 Å². The smallest absolute Gasteiger partial charge is 0.319 e. The van der Waals surface area contributed by atoms with Crippen molar-refractivity contribution in [3.8, 4) is 23.0 Å². The van der Waals surface area contributed by atoms with E-state index in [1.54, 1.807) is 18.3 Å². The van der Waals surface area contributed by atoms with Gasteiger partial charge in [0, 0.05) is 37.3 Å². The van der Waals surface area contributed by atoms with Crippen molar-refractivity contribution in [3.05, 3.63) is 59.8 Å². The fourth-order valence-electron chi connectivity index (χ4n) is 8.60. The number of rotatable bonds is 6. The Kier molecular flexibility index (Phi) is 6.73. The number of aromatic hydroxyl groups is 1. The Morgan fingerprint density at radius 3 is 2.84 bits per heavy atom. The predicted molar refractivity (Wildman–Crippen MR) is 168 cm³/mol. The molecule has 45 heavy (non-hydrogen) atoms. The van der Waals surface area contributed by atoms with Crippen LogP contribution in [0, 0.1) is 23.5 Å². The van der Waals surface area contributed by atoms with Crippen molar-refractivity contribution in [2.75, 3.05) is 37.7 Å². The highest BCUT2D eigenvalue weighted by atomic mass is 19.1. The summed E-state index contributed by atoms with van der Waals surface area (Å²) in [4.78, 5) is 18.6. The first-order chi connectivity index (χ1) is 21.7. The van der Waals surface area contributed by atoms with E-state index >= 15 is 4.39 Å². The predicted octanol–water partition coefficient (Wildman–Crippen LogP) is 5.77. The van der Waals surface area contributed by atoms with Gasteiger partial charge in [0.15, 0.2) is 5.82 Å². The number of hydrogen-bond donors (Lipinski definition) is 2. The minimum absolute atomic E-state index is 0.0268. The van der Waals surface area contributed by atoms with Crippen molar-refractivity contribution in [3.63, 3.8) is 0 Å². The quantitative estimate of drug-likeness (QED) is 0.265. The Morgan fingerprint density at radius 2 is 2.02 bits per heavy atom. The van der Waals surface area contributed by atoms with Gasteiger partial charge >= 0.3 is 6.01 Å². The standard InChI is InChI=1S/C35H37F2N5O3/c1-3-24-27(36)6-5-21-11-23(43)12-25(29(21)24)31-30(37)32-26(14-38-31)33(41-16-20-9-22(17-41)28(44)10-20)40-34(39-32)45-18-35-7-4-8-42(35)15-19(2)13-35/h5-6,11-12,14,20,22,28,43-44H,2-4,7-10,13,15-18H2,1H3/t20-,22-,28-,35+/m1/s1. The molecule has 1 saturated carbocycles. The first-order valence-corrected chi connectivity index (χ1v) is 16.0. The van der Waals surface area contributed by atoms with Crippen LogP contribution < -0.4 is 9.64 Å². The van der Waals surface area contributed by atoms with Crippen LogP contribution in [0.3, 0.4) is 0 Å². The van der Waals surface area contributed by atoms with Crippen LogP contribution in [0.5, 0.6) is 11.8 Å². The van der Waals surface area contributed by atoms with Crippen molar-refractivity contribution in [1.82, 2.24) is 19.9 Å². The monoisotopic (exact) mass is 613 g/mol. The molecule has 2 bridgehead atoms. The number of benzene rings is 2. The van der Waals surface area contributed by atoms with E-state index in [1.165, 1.54) is 17.7 Å². The number of fused-ring (bicyclic) bond motifs is 5. The number of aromatic nitrogens is 3. The molecule has 10 heteroatoms. The zero-order chi connectivity index (χ0) is 31.0. The molecule has 2 aromatic carbocycles. The number of pyridine rings is 1. The molecule has 1 aliphatic carbocycles. The van der Waals surface area contributed by atoms with Crippen LogP contribution in [0.2, 0.25) is 0 Å². The molecular weight excluding hydrogens is 576 g/mol. The number of piperidine rings is 1. The summed E-state index contributed by atoms with van der Waals surface area (Å²) in [6, 6.07) is 6.02. The molecule has 3 saturated heterocycles. The van der Waals surface area contributed by atoms with Gasteiger partial charge in [0.25, 0.3) is 0 Å². The average Bonchev–Trinajstić information content (AvgIpc) is 3.63. The molecule has 0 amide bonds. The van der Waals surface area contributed by atoms with E-state index < -0.39 is 11.6 Å². The van der Waals surface area contributed by atoms with Gasteiger partial charge in [-0.1, -0.05) is 25.1 Å². The molecule has 0 spiro atoms. The number of aliphatic hydroxyl groups is 1. The Balaban J connectivity index is 1.27. The number of halogens is 2. The van der Waals surface area contributed by atoms with Gasteiger partial charge in [0.1, 0.15) is 35.2 Å². The molecule has 4 fully saturated rings. The van der Waals surface area contributed by atoms with Crippen molar-refractivity contribution >= 4 is 27.5 Å². The molecule has 234 valence electrons. The second-order valence-electron chi connectivity index (χ2n) is 13.5. The third kappa shape index (κ3) is 4.63. The number of ether oxygens (including phenoxy) is 1. The van der Waals surface area contributed by atoms with E-state index in [2.05, 4.69) is 26.3 Å². The Hall–Kier alpha value is -3.89. The summed E-state index contributed by atoms with van der Waals surface area (Å²) in [6.07, 6.45) is 6.22. The lowest BCUT2D eigenvalue weighted by molar-refractivity contribution is 0.108. The molecule has 5 heterocycles. The second kappa shape index (κ2) is 10.6. The number of phenols is 1. The summed E-state index contributed by atoms with van der Waals surface area (Å²) in [7, 11) is 0. The van der Waals surface area contributed by atoms with Gasteiger partial charge in [-0.05, 0) is 85.5 Å². The van der Waals surface area contributed by atoms with Crippen molar-refractivity contribution in [1.29, 1.82) is 0 Å². The van der Waals surface area contributed by atoms with Crippen LogP contribution in [0.4, 0.5) is 14.6 Å². The van der Waals surface area contributed by atoms with E-state index in [0.717, 1.165) is 45.2 Å². The van der Waals surface area contributed by atoms with Gasteiger partial charge in [-0.25, -0.2) is 8.78 Å². The van der Waals surface area contributed by atoms with Crippen LogP contribution in [-0.2, 0) is 6.42 Å². The Labute approximate surface area is 260 Å². The van der Waals surface area contributed by atoms with Gasteiger partial charge in [0.2, 0.25) is 0 Å². The number of phenolic OH excluding ortho intramolecular Hbond substituents is 1. The molecule has 4 aliphatic rings. The number of aliphatic hydroxyl groups excluding tert-OH is 1. The second-order valence-corrected chi connectivity index (χ2v) is 13.5. The molecule has 8 nitrogen and oxygen atoms in total. The molecular formula is C35H37F2N5O3. The minimum atomic E-state index is -0.686. The average molecular weight is 614 g/mol. The van der Waals surface area contributed by atoms with E-state index in [-0.39, 0.29) is 40.5 Å². The van der Waals surface area contributed by atoms with Crippen LogP contribution >= 0.6 is 0 Å². The van der Waals surface area contributed by atoms with Gasteiger partial charge < -0.3 is 19.8 Å². The van der Waals surface area contributed by atoms with Crippen molar-refractivity contribution < 1.29 is 23.7 Å². The Bertz CT molecular complexity index is 1870. The fraction of sp³-hybridized carbons (Fsp3) is 0.457. The maximum atomic E-state index is 16.8. The third-order valence-corrected chi connectivity index (χ3v) is 10.6. The zero-order valence-corrected chi connectivity index (χ0v) is 25.4. The van der Waals surface area contributed by atoms with Crippen LogP contribution in [0.25, 0.3) is 32.9 Å². The molecule has 0 unspecified atom stereocenters. The lowest BCUT2D eigenvalue weighted by Crippen LogP contribution is -2.43. The number of nitrogens with zero attached hydrogens (tertiary/aromatic N) is 5. The lowest BCUT2D eigenvalue weighted by Gasteiger charge is -2.34. The Morgan fingerprint density at radius 1 is 1.16 bits per heavy atom. The van der Waals surface area contributed by atoms with Gasteiger partial charge in [-0.2, -0.15) is 9.97 Å². The number of anilines is 1. The number of aryl methyl sites for hydroxylation is 1. The molecule has 0 radical (unpaired) electrons. The summed E-state index contributed by atoms with van der Waals surface area (Å²) in [5.41, 5.74) is 1.78. The molecule has 3 aliphatic heterocycles. The van der Waals surface area contributed by atoms with Crippen molar-refractivity contribution in [2.45, 2.75) is 57.1 Å². The highest BCUT2D eigenvalue weighted by Gasteiger charge is 2.47. The summed E-state index contributed by atoms with van der Waals surface area (Å²) in [5.74, 6) is -0.173. The maximum absolute atomic E-state index is 16.8. The third-order valence-electron chi connectivity index (χ3n) is 10.6. The van der Waals surface area contributed by atoms with Crippen LogP contribution in [-0.4, -0.2) is 74.5 Å². The first-order valence-electron chi connectivity index (χ1n) is 16.0. The molecule has 8 rings (SSSR count). The normalized spacial score (nSPS) is 26.4. The summed E-state index contributed by atoms with van der Waals surface area (Å²) in [6.45, 7) is 9.57. The highest BCUT2D eigenvalue weighted by molar-refractivity contribution is 6.01. The van der Waals surface area contributed by atoms with Crippen molar-refractivity contribution in [2.24, 2.45) is 11.8 Å². The van der Waals surface area contributed by atoms with Gasteiger partial charge in [-0.15, -0.1) is 0 Å². The van der Waals surface area contributed by atoms with E-state index in [9.17, 15) is 14.6 Å². The van der Waals surface area contributed by atoms with E-state index in [4.69, 9.17) is 9.72 Å². The fourth-order valence-corrected chi connectivity index (χ4v) is 8.60. The first kappa shape index (κ1) is 28.6. The van der Waals surface area contributed by atoms with Crippen LogP contribution in [0.1, 0.15) is 44.6 Å². The molecule has 4 atom stereocenters. The van der Waals surface area contributed by atoms with Gasteiger partial charge in [-0.3, -0.25) is 9.88 Å². The van der Waals surface area contributed by atoms with Gasteiger partial charge in [0.05, 0.1) is 17.0 Å². The van der Waals surface area contributed by atoms with E-state index in [0.29, 0.717) is 65.1 Å². The molecule has 4 aromatic rings. The summed E-state index contributed by atoms with van der Waals surface area (Å²) in [5, 5.41) is 22.7. The lowest BCUT2D eigenvalue weighted by atomic mass is 9.94. The maximum Gasteiger partial charge on any atom is 0.319 e. The van der Waals surface area contributed by atoms with E-state index in [1.807, 2.05) is 6.92 Å². The summed E-state index contributed by atoms with van der Waals surface area (Å²) < 4.78 is 38.2. The molecule has 2 aromatic heterocycles. The summed E-state index contributed by atoms with van der Waals surface area (Å²) >= 11 is 0. The minimum Gasteiger partial charge on any atom is -0.508 e. The SMILES string of the molecule is C=C1CN2CCC[C@@]2(COc2nc(N3C[C@@H]4C[C@H](C3)[C@H](O)C4)c3cnc(-c4cc(O)cc5ccc(F)c(CC)c45)c(F)c3n2)C1.